The van der Waals surface area contributed by atoms with E-state index in [0.717, 1.165) is 23.4 Å². The van der Waals surface area contributed by atoms with E-state index in [1.165, 1.54) is 5.56 Å². The Hall–Kier alpha value is -1.61. The molecule has 15 heavy (non-hydrogen) atoms. The van der Waals surface area contributed by atoms with Gasteiger partial charge in [-0.3, -0.25) is 0 Å². The second-order valence-electron chi connectivity index (χ2n) is 3.39. The van der Waals surface area contributed by atoms with E-state index in [0.29, 0.717) is 6.54 Å². The van der Waals surface area contributed by atoms with Crippen LogP contribution in [0, 0.1) is 0 Å². The molecule has 0 aliphatic rings. The molecule has 0 saturated heterocycles. The predicted octanol–water partition coefficient (Wildman–Crippen LogP) is 2.36. The van der Waals surface area contributed by atoms with Crippen molar-refractivity contribution in [3.05, 3.63) is 41.7 Å². The molecule has 0 amide bonds. The van der Waals surface area contributed by atoms with Gasteiger partial charge in [-0.25, -0.2) is 0 Å². The summed E-state index contributed by atoms with van der Waals surface area (Å²) in [5.41, 5.74) is 8.75. The van der Waals surface area contributed by atoms with E-state index in [1.54, 1.807) is 0 Å². The molecule has 0 spiro atoms. The highest BCUT2D eigenvalue weighted by molar-refractivity contribution is 5.63. The molecule has 0 unspecified atom stereocenters. The fraction of sp³-hybridized carbons (Fsp3) is 0.250. The van der Waals surface area contributed by atoms with Crippen LogP contribution in [0.25, 0.3) is 11.3 Å². The highest BCUT2D eigenvalue weighted by Gasteiger charge is 2.08. The second-order valence-corrected chi connectivity index (χ2v) is 3.39. The number of nitrogens with zero attached hydrogens (tertiary/aromatic N) is 1. The van der Waals surface area contributed by atoms with Gasteiger partial charge in [0.1, 0.15) is 5.69 Å². The number of aromatic nitrogens is 1. The van der Waals surface area contributed by atoms with Gasteiger partial charge in [0, 0.05) is 11.6 Å². The largest absolute Gasteiger partial charge is 0.359 e. The Kier molecular flexibility index (Phi) is 2.83. The van der Waals surface area contributed by atoms with E-state index < -0.39 is 0 Å². The van der Waals surface area contributed by atoms with Crippen LogP contribution in [-0.2, 0) is 13.0 Å². The summed E-state index contributed by atoms with van der Waals surface area (Å²) in [5, 5.41) is 4.01. The van der Waals surface area contributed by atoms with Crippen LogP contribution in [0.1, 0.15) is 18.2 Å². The summed E-state index contributed by atoms with van der Waals surface area (Å²) in [4.78, 5) is 0. The lowest BCUT2D eigenvalue weighted by atomic mass is 10.0. The minimum atomic E-state index is 0.390. The monoisotopic (exact) mass is 202 g/mol. The van der Waals surface area contributed by atoms with Crippen LogP contribution in [0.4, 0.5) is 0 Å². The molecule has 3 heteroatoms. The van der Waals surface area contributed by atoms with E-state index in [1.807, 2.05) is 18.2 Å². The smallest absolute Gasteiger partial charge is 0.150 e. The highest BCUT2D eigenvalue weighted by atomic mass is 16.5. The van der Waals surface area contributed by atoms with Crippen LogP contribution < -0.4 is 5.73 Å². The average Bonchev–Trinajstić information content (AvgIpc) is 2.77. The molecule has 0 aliphatic carbocycles. The first-order chi connectivity index (χ1) is 7.35. The zero-order chi connectivity index (χ0) is 10.7. The van der Waals surface area contributed by atoms with Crippen molar-refractivity contribution in [2.24, 2.45) is 5.73 Å². The van der Waals surface area contributed by atoms with E-state index >= 15 is 0 Å². The van der Waals surface area contributed by atoms with E-state index in [-0.39, 0.29) is 0 Å². The fourth-order valence-electron chi connectivity index (χ4n) is 1.61. The lowest BCUT2D eigenvalue weighted by Crippen LogP contribution is -1.92. The van der Waals surface area contributed by atoms with Gasteiger partial charge in [0.2, 0.25) is 0 Å². The molecule has 0 bridgehead atoms. The van der Waals surface area contributed by atoms with Gasteiger partial charge in [-0.05, 0) is 12.0 Å². The minimum Gasteiger partial charge on any atom is -0.359 e. The van der Waals surface area contributed by atoms with Gasteiger partial charge in [0.25, 0.3) is 0 Å². The second kappa shape index (κ2) is 4.28. The third-order valence-corrected chi connectivity index (χ3v) is 2.43. The maximum atomic E-state index is 5.48. The average molecular weight is 202 g/mol. The Morgan fingerprint density at radius 3 is 2.80 bits per heavy atom. The van der Waals surface area contributed by atoms with Gasteiger partial charge in [0.05, 0.1) is 6.54 Å². The number of benzene rings is 1. The third-order valence-electron chi connectivity index (χ3n) is 2.43. The number of hydrogen-bond acceptors (Lipinski definition) is 3. The third kappa shape index (κ3) is 1.92. The summed E-state index contributed by atoms with van der Waals surface area (Å²) < 4.78 is 5.09. The summed E-state index contributed by atoms with van der Waals surface area (Å²) >= 11 is 0. The highest BCUT2D eigenvalue weighted by Crippen LogP contribution is 2.23. The van der Waals surface area contributed by atoms with Crippen LogP contribution in [0.3, 0.4) is 0 Å². The predicted molar refractivity (Wildman–Crippen MR) is 59.2 cm³/mol. The standard InChI is InChI=1S/C12H14N2O/c1-2-9-5-3-4-6-11(9)12-7-10(8-13)15-14-12/h3-7H,2,8,13H2,1H3. The van der Waals surface area contributed by atoms with Crippen LogP contribution in [0.5, 0.6) is 0 Å². The maximum absolute atomic E-state index is 5.48. The zero-order valence-corrected chi connectivity index (χ0v) is 8.73. The summed E-state index contributed by atoms with van der Waals surface area (Å²) in [5.74, 6) is 0.718. The van der Waals surface area contributed by atoms with Crippen molar-refractivity contribution in [1.29, 1.82) is 0 Å². The lowest BCUT2D eigenvalue weighted by Gasteiger charge is -2.02. The molecule has 2 N–H and O–H groups in total. The Bertz CT molecular complexity index is 448. The molecule has 2 aromatic rings. The SMILES string of the molecule is CCc1ccccc1-c1cc(CN)on1. The van der Waals surface area contributed by atoms with Crippen molar-refractivity contribution in [2.75, 3.05) is 0 Å². The molecular weight excluding hydrogens is 188 g/mol. The molecule has 0 fully saturated rings. The molecule has 2 rings (SSSR count). The van der Waals surface area contributed by atoms with Crippen molar-refractivity contribution < 1.29 is 4.52 Å². The van der Waals surface area contributed by atoms with Gasteiger partial charge in [-0.1, -0.05) is 36.3 Å². The van der Waals surface area contributed by atoms with Crippen LogP contribution >= 0.6 is 0 Å². The molecule has 1 heterocycles. The fourth-order valence-corrected chi connectivity index (χ4v) is 1.61. The summed E-state index contributed by atoms with van der Waals surface area (Å²) in [6, 6.07) is 10.1. The zero-order valence-electron chi connectivity index (χ0n) is 8.73. The van der Waals surface area contributed by atoms with E-state index in [9.17, 15) is 0 Å². The van der Waals surface area contributed by atoms with Gasteiger partial charge in [0.15, 0.2) is 5.76 Å². The molecule has 0 aliphatic heterocycles. The molecular formula is C12H14N2O. The molecule has 0 atom stereocenters. The van der Waals surface area contributed by atoms with Crippen LogP contribution in [0.15, 0.2) is 34.9 Å². The van der Waals surface area contributed by atoms with Crippen LogP contribution in [-0.4, -0.2) is 5.16 Å². The Balaban J connectivity index is 2.44. The van der Waals surface area contributed by atoms with Gasteiger partial charge in [-0.2, -0.15) is 0 Å². The normalized spacial score (nSPS) is 10.5. The Morgan fingerprint density at radius 2 is 2.13 bits per heavy atom. The number of aryl methyl sites for hydroxylation is 1. The number of rotatable bonds is 3. The Morgan fingerprint density at radius 1 is 1.33 bits per heavy atom. The molecule has 0 radical (unpaired) electrons. The number of nitrogens with two attached hydrogens (primary N) is 1. The van der Waals surface area contributed by atoms with E-state index in [2.05, 4.69) is 24.2 Å². The summed E-state index contributed by atoms with van der Waals surface area (Å²) in [6.07, 6.45) is 0.987. The molecule has 1 aromatic heterocycles. The van der Waals surface area contributed by atoms with Gasteiger partial charge in [-0.15, -0.1) is 0 Å². The van der Waals surface area contributed by atoms with Crippen LogP contribution in [0.2, 0.25) is 0 Å². The molecule has 78 valence electrons. The minimum absolute atomic E-state index is 0.390. The quantitative estimate of drug-likeness (QED) is 0.831. The number of hydrogen-bond donors (Lipinski definition) is 1. The van der Waals surface area contributed by atoms with Crippen molar-refractivity contribution in [1.82, 2.24) is 5.16 Å². The lowest BCUT2D eigenvalue weighted by molar-refractivity contribution is 0.387. The van der Waals surface area contributed by atoms with Crippen molar-refractivity contribution in [3.63, 3.8) is 0 Å². The van der Waals surface area contributed by atoms with Crippen molar-refractivity contribution >= 4 is 0 Å². The van der Waals surface area contributed by atoms with E-state index in [4.69, 9.17) is 10.3 Å². The molecule has 1 aromatic carbocycles. The first-order valence-corrected chi connectivity index (χ1v) is 5.09. The van der Waals surface area contributed by atoms with Gasteiger partial charge < -0.3 is 10.3 Å². The van der Waals surface area contributed by atoms with Crippen molar-refractivity contribution in [2.45, 2.75) is 19.9 Å². The topological polar surface area (TPSA) is 52.0 Å². The Labute approximate surface area is 88.9 Å². The van der Waals surface area contributed by atoms with Gasteiger partial charge >= 0.3 is 0 Å². The van der Waals surface area contributed by atoms with Crippen molar-refractivity contribution in [3.8, 4) is 11.3 Å². The molecule has 3 nitrogen and oxygen atoms in total. The maximum Gasteiger partial charge on any atom is 0.150 e. The molecule has 0 saturated carbocycles. The summed E-state index contributed by atoms with van der Waals surface area (Å²) in [7, 11) is 0. The first-order valence-electron chi connectivity index (χ1n) is 5.09. The summed E-state index contributed by atoms with van der Waals surface area (Å²) in [6.45, 7) is 2.52. The first kappa shape index (κ1) is 9.93.